The summed E-state index contributed by atoms with van der Waals surface area (Å²) in [7, 11) is 0. The average molecular weight is 1420 g/mol. The monoisotopic (exact) mass is 1420 g/mol. The number of nitrogens with two attached hydrogens (primary N) is 1. The fraction of sp³-hybridized carbons (Fsp3) is 0.155. The SMILES string of the molecule is N#Cc1c(F)cccc1F.N#Cc1c(F)cccc1NCc1ccccc1.NCc1ccccc1.O=C1Cc2cccc(NCc3ccccc3)c2C(=O)N1.[C-]#[N+]C(C(=O)OCC)c1cccc(NCc2ccccc2)c1C#N.[C-]#[N+]CC(=O)OCC.[C-]#[N+]Cc1cccc(NCc2ccccc2)c1C#N. The number of rotatable bonds is 19. The molecule has 10 aromatic carbocycles. The molecule has 1 aliphatic heterocycles. The summed E-state index contributed by atoms with van der Waals surface area (Å²) in [4.78, 5) is 55.0. The van der Waals surface area contributed by atoms with E-state index in [-0.39, 0.29) is 43.5 Å². The molecule has 532 valence electrons. The number of fused-ring (bicyclic) bond motifs is 1. The first-order chi connectivity index (χ1) is 51.6. The van der Waals surface area contributed by atoms with Crippen LogP contribution in [0.5, 0.6) is 0 Å². The number of nitrogens with one attached hydrogen (secondary N) is 5. The number of benzene rings is 10. The van der Waals surface area contributed by atoms with Crippen LogP contribution in [0.2, 0.25) is 0 Å². The first-order valence-corrected chi connectivity index (χ1v) is 32.8. The van der Waals surface area contributed by atoms with Gasteiger partial charge in [0.2, 0.25) is 12.5 Å². The van der Waals surface area contributed by atoms with Gasteiger partial charge in [-0.05, 0) is 95.8 Å². The van der Waals surface area contributed by atoms with Crippen molar-refractivity contribution in [3.8, 4) is 24.3 Å². The largest absolute Gasteiger partial charge is 0.460 e. The molecule has 0 fully saturated rings. The molecule has 0 bridgehead atoms. The number of hydrogen-bond donors (Lipinski definition) is 6. The van der Waals surface area contributed by atoms with Crippen molar-refractivity contribution in [3.63, 3.8) is 0 Å². The fourth-order valence-corrected chi connectivity index (χ4v) is 9.65. The van der Waals surface area contributed by atoms with Crippen LogP contribution in [0.25, 0.3) is 14.5 Å². The number of nitriles is 4. The average Bonchev–Trinajstić information content (AvgIpc) is 0.810. The Kier molecular flexibility index (Phi) is 36.4. The van der Waals surface area contributed by atoms with Crippen molar-refractivity contribution in [1.82, 2.24) is 5.32 Å². The van der Waals surface area contributed by atoms with Crippen LogP contribution in [0.1, 0.15) is 97.0 Å². The molecule has 0 aliphatic carbocycles. The van der Waals surface area contributed by atoms with Gasteiger partial charge in [-0.25, -0.2) is 42.5 Å². The molecule has 1 heterocycles. The number of carbonyl (C=O) groups is 4. The maximum atomic E-state index is 13.3. The summed E-state index contributed by atoms with van der Waals surface area (Å²) in [6, 6.07) is 80.0. The van der Waals surface area contributed by atoms with Crippen molar-refractivity contribution in [1.29, 1.82) is 21.0 Å². The van der Waals surface area contributed by atoms with Gasteiger partial charge in [0.1, 0.15) is 52.9 Å². The number of hydrogen-bond acceptors (Lipinski definition) is 15. The topological polar surface area (TPSA) is 281 Å². The number of ether oxygens (including phenoxy) is 2. The van der Waals surface area contributed by atoms with Crippen LogP contribution in [-0.2, 0) is 69.5 Å². The van der Waals surface area contributed by atoms with Crippen LogP contribution in [-0.4, -0.2) is 43.5 Å². The number of nitrogens with zero attached hydrogens (tertiary/aromatic N) is 7. The Bertz CT molecular complexity index is 4780. The summed E-state index contributed by atoms with van der Waals surface area (Å²) in [5.41, 5.74) is 16.5. The molecule has 1 unspecified atom stereocenters. The predicted octanol–water partition coefficient (Wildman–Crippen LogP) is 16.2. The summed E-state index contributed by atoms with van der Waals surface area (Å²) in [6.07, 6.45) is 0.252. The number of imide groups is 1. The molecule has 19 nitrogen and oxygen atoms in total. The van der Waals surface area contributed by atoms with E-state index in [0.29, 0.717) is 73.0 Å². The van der Waals surface area contributed by atoms with Gasteiger partial charge in [0.15, 0.2) is 0 Å². The quantitative estimate of drug-likeness (QED) is 0.0249. The molecule has 1 atom stereocenters. The van der Waals surface area contributed by atoms with Gasteiger partial charge in [-0.15, -0.1) is 0 Å². The molecule has 1 aliphatic rings. The second kappa shape index (κ2) is 46.9. The Hall–Kier alpha value is -14.3. The van der Waals surface area contributed by atoms with Gasteiger partial charge >= 0.3 is 24.5 Å². The minimum Gasteiger partial charge on any atom is -0.460 e. The molecule has 0 radical (unpaired) electrons. The van der Waals surface area contributed by atoms with Gasteiger partial charge in [-0.1, -0.05) is 194 Å². The van der Waals surface area contributed by atoms with Crippen LogP contribution in [0, 0.1) is 82.5 Å². The smallest absolute Gasteiger partial charge is 0.395 e. The summed E-state index contributed by atoms with van der Waals surface area (Å²) in [5.74, 6) is -3.78. The zero-order valence-electron chi connectivity index (χ0n) is 58.0. The van der Waals surface area contributed by atoms with E-state index >= 15 is 0 Å². The number of carbonyl (C=O) groups excluding carboxylic acids is 4. The summed E-state index contributed by atoms with van der Waals surface area (Å²) >= 11 is 0. The third-order valence-electron chi connectivity index (χ3n) is 14.7. The Balaban J connectivity index is 0.000000229. The normalized spacial score (nSPS) is 10.4. The summed E-state index contributed by atoms with van der Waals surface area (Å²) < 4.78 is 47.5. The molecule has 11 rings (SSSR count). The van der Waals surface area contributed by atoms with E-state index in [2.05, 4.69) is 58.0 Å². The van der Waals surface area contributed by atoms with Crippen molar-refractivity contribution in [2.75, 3.05) is 41.0 Å². The maximum absolute atomic E-state index is 13.3. The number of amides is 2. The molecular formula is C84H74F3N13O6. The van der Waals surface area contributed by atoms with Gasteiger partial charge in [-0.3, -0.25) is 19.8 Å². The molecule has 0 spiro atoms. The van der Waals surface area contributed by atoms with Crippen molar-refractivity contribution in [3.05, 3.63) is 367 Å². The zero-order valence-corrected chi connectivity index (χ0v) is 58.0. The first kappa shape index (κ1) is 82.3. The lowest BCUT2D eigenvalue weighted by atomic mass is 9.98. The van der Waals surface area contributed by atoms with E-state index in [1.165, 1.54) is 23.8 Å². The van der Waals surface area contributed by atoms with E-state index in [0.717, 1.165) is 56.9 Å². The lowest BCUT2D eigenvalue weighted by Crippen LogP contribution is -2.37. The van der Waals surface area contributed by atoms with Crippen LogP contribution in [0.4, 0.5) is 35.9 Å². The molecule has 7 N–H and O–H groups in total. The second-order valence-electron chi connectivity index (χ2n) is 22.0. The third kappa shape index (κ3) is 27.6. The highest BCUT2D eigenvalue weighted by Crippen LogP contribution is 2.29. The van der Waals surface area contributed by atoms with Crippen molar-refractivity contribution >= 4 is 46.5 Å². The van der Waals surface area contributed by atoms with Crippen LogP contribution in [0.15, 0.2) is 243 Å². The highest BCUT2D eigenvalue weighted by atomic mass is 19.1. The molecule has 10 aromatic rings. The Morgan fingerprint density at radius 1 is 0.481 bits per heavy atom. The van der Waals surface area contributed by atoms with Gasteiger partial charge in [0.25, 0.3) is 5.91 Å². The number of halogens is 3. The molecule has 106 heavy (non-hydrogen) atoms. The lowest BCUT2D eigenvalue weighted by Gasteiger charge is -2.19. The fourth-order valence-electron chi connectivity index (χ4n) is 9.65. The standard InChI is InChI=1S/C19H17N3O2.C16H13N3.C16H14N2O2.C14H11FN2.C7H3F2N.C7H9N.C5H7NO2/c1-3-24-19(23)18(21-2)15-10-7-11-17(16(15)12-20)22-13-14-8-5-4-6-9-14;1-18-12-14-8-5-9-16(15(14)10-17)19-11-13-6-3-2-4-7-13;19-14-9-12-7-4-8-13(15(12)16(20)18-14)17-10-11-5-2-1-3-6-11;15-13-7-4-8-14(12(13)9-16)17-10-11-5-2-1-3-6-11;8-6-2-1-3-7(9)5(6)4-10;8-6-7-4-2-1-3-5-7;1-3-8-5(7)4-6-2/h4-11,18,22H,3,13H2,1H3;2-9,19H,11-12H2;1-8,17H,9-10H2,(H,18,19,20);1-8,17H,10H2;1-3H;1-5H,6,8H2;3-4H2,1H3. The van der Waals surface area contributed by atoms with Gasteiger partial charge in [-0.2, -0.15) is 21.0 Å². The highest BCUT2D eigenvalue weighted by Gasteiger charge is 2.31. The maximum Gasteiger partial charge on any atom is 0.395 e. The van der Waals surface area contributed by atoms with E-state index in [9.17, 15) is 42.9 Å². The van der Waals surface area contributed by atoms with Crippen LogP contribution < -0.4 is 32.3 Å². The van der Waals surface area contributed by atoms with E-state index in [4.69, 9.17) is 40.7 Å². The van der Waals surface area contributed by atoms with Gasteiger partial charge in [0.05, 0.1) is 64.5 Å². The minimum atomic E-state index is -1.13. The third-order valence-corrected chi connectivity index (χ3v) is 14.7. The predicted molar refractivity (Wildman–Crippen MR) is 401 cm³/mol. The zero-order chi connectivity index (χ0) is 76.7. The Morgan fingerprint density at radius 2 is 0.868 bits per heavy atom. The molecule has 0 saturated heterocycles. The number of esters is 2. The van der Waals surface area contributed by atoms with Gasteiger partial charge in [0, 0.05) is 38.4 Å². The van der Waals surface area contributed by atoms with E-state index in [1.54, 1.807) is 44.2 Å². The number of anilines is 4. The van der Waals surface area contributed by atoms with Crippen LogP contribution in [0.3, 0.4) is 0 Å². The minimum absolute atomic E-state index is 0.0587. The second-order valence-corrected chi connectivity index (χ2v) is 22.0. The molecule has 0 saturated carbocycles. The summed E-state index contributed by atoms with van der Waals surface area (Å²) in [6.45, 7) is 27.5. The first-order valence-electron chi connectivity index (χ1n) is 32.8. The van der Waals surface area contributed by atoms with Gasteiger partial charge < -0.3 is 46.2 Å². The lowest BCUT2D eigenvalue weighted by molar-refractivity contribution is -0.144. The van der Waals surface area contributed by atoms with E-state index in [1.807, 2.05) is 194 Å². The van der Waals surface area contributed by atoms with Crippen molar-refractivity contribution in [2.24, 2.45) is 5.73 Å². The Morgan fingerprint density at radius 3 is 1.27 bits per heavy atom. The highest BCUT2D eigenvalue weighted by molar-refractivity contribution is 6.12. The Labute approximate surface area is 615 Å². The van der Waals surface area contributed by atoms with Crippen molar-refractivity contribution in [2.45, 2.75) is 65.6 Å². The van der Waals surface area contributed by atoms with Crippen LogP contribution >= 0.6 is 0 Å². The van der Waals surface area contributed by atoms with E-state index < -0.39 is 41.0 Å². The molecule has 0 aromatic heterocycles. The summed E-state index contributed by atoms with van der Waals surface area (Å²) in [5, 5.41) is 50.9. The van der Waals surface area contributed by atoms with Crippen molar-refractivity contribution < 1.29 is 41.8 Å². The molecule has 2 amide bonds. The molecule has 22 heteroatoms. The molecular weight excluding hydrogens is 1340 g/mol.